The molecule has 0 spiro atoms. The van der Waals surface area contributed by atoms with Gasteiger partial charge in [-0.05, 0) is 40.8 Å². The lowest BCUT2D eigenvalue weighted by molar-refractivity contribution is -0.118. The van der Waals surface area contributed by atoms with Gasteiger partial charge in [-0.1, -0.05) is 98.7 Å². The third kappa shape index (κ3) is 6.38. The van der Waals surface area contributed by atoms with E-state index in [9.17, 15) is 4.79 Å². The smallest absolute Gasteiger partial charge is 0.250 e. The number of aromatic nitrogens is 3. The number of thioether (sulfide) groups is 1. The van der Waals surface area contributed by atoms with Crippen LogP contribution in [0.4, 0.5) is 0 Å². The topological polar surface area (TPSA) is 72.2 Å². The van der Waals surface area contributed by atoms with Crippen LogP contribution in [-0.4, -0.2) is 32.6 Å². The molecule has 0 saturated carbocycles. The van der Waals surface area contributed by atoms with E-state index in [-0.39, 0.29) is 17.1 Å². The molecule has 0 aliphatic heterocycles. The van der Waals surface area contributed by atoms with Gasteiger partial charge in [0.2, 0.25) is 0 Å². The van der Waals surface area contributed by atoms with E-state index in [0.29, 0.717) is 16.0 Å². The number of rotatable bonds is 7. The van der Waals surface area contributed by atoms with E-state index in [1.54, 1.807) is 6.21 Å². The second-order valence-electron chi connectivity index (χ2n) is 8.94. The highest BCUT2D eigenvalue weighted by molar-refractivity contribution is 7.99. The minimum absolute atomic E-state index is 0.0913. The molecule has 0 atom stereocenters. The Hall–Kier alpha value is -3.42. The highest BCUT2D eigenvalue weighted by atomic mass is 35.5. The summed E-state index contributed by atoms with van der Waals surface area (Å²) in [6.45, 7) is 6.51. The SMILES string of the molecule is CC(C)(C)c1ccc(/C=N/NC(=O)CSc2nnc(-c3ccccc3)n2-c2ccc(Cl)cc2)cc1. The van der Waals surface area contributed by atoms with Crippen molar-refractivity contribution >= 4 is 35.5 Å². The van der Waals surface area contributed by atoms with Crippen molar-refractivity contribution in [2.24, 2.45) is 5.10 Å². The molecule has 1 aromatic heterocycles. The van der Waals surface area contributed by atoms with Crippen molar-refractivity contribution in [2.45, 2.75) is 31.3 Å². The number of hydrazone groups is 1. The van der Waals surface area contributed by atoms with Crippen LogP contribution in [0.1, 0.15) is 31.9 Å². The molecule has 0 aliphatic rings. The van der Waals surface area contributed by atoms with Gasteiger partial charge in [0, 0.05) is 16.3 Å². The van der Waals surface area contributed by atoms with Crippen LogP contribution in [0.3, 0.4) is 0 Å². The molecule has 1 heterocycles. The van der Waals surface area contributed by atoms with E-state index in [4.69, 9.17) is 11.6 Å². The van der Waals surface area contributed by atoms with Gasteiger partial charge in [0.1, 0.15) is 0 Å². The molecule has 178 valence electrons. The Labute approximate surface area is 214 Å². The van der Waals surface area contributed by atoms with Crippen LogP contribution in [0, 0.1) is 0 Å². The lowest BCUT2D eigenvalue weighted by Crippen LogP contribution is -2.20. The van der Waals surface area contributed by atoms with E-state index < -0.39 is 0 Å². The molecular weight excluding hydrogens is 478 g/mol. The maximum Gasteiger partial charge on any atom is 0.250 e. The highest BCUT2D eigenvalue weighted by Crippen LogP contribution is 2.28. The summed E-state index contributed by atoms with van der Waals surface area (Å²) >= 11 is 7.37. The summed E-state index contributed by atoms with van der Waals surface area (Å²) < 4.78 is 1.92. The van der Waals surface area contributed by atoms with E-state index in [0.717, 1.165) is 16.8 Å². The highest BCUT2D eigenvalue weighted by Gasteiger charge is 2.17. The zero-order chi connectivity index (χ0) is 24.8. The lowest BCUT2D eigenvalue weighted by atomic mass is 9.87. The van der Waals surface area contributed by atoms with Crippen LogP contribution < -0.4 is 5.43 Å². The summed E-state index contributed by atoms with van der Waals surface area (Å²) in [6, 6.07) is 25.4. The molecule has 3 aromatic carbocycles. The first kappa shape index (κ1) is 24.7. The fraction of sp³-hybridized carbons (Fsp3) is 0.185. The first-order chi connectivity index (χ1) is 16.8. The zero-order valence-electron chi connectivity index (χ0n) is 19.8. The zero-order valence-corrected chi connectivity index (χ0v) is 21.3. The van der Waals surface area contributed by atoms with Gasteiger partial charge in [-0.2, -0.15) is 5.10 Å². The third-order valence-electron chi connectivity index (χ3n) is 5.26. The Balaban J connectivity index is 1.44. The number of hydrogen-bond acceptors (Lipinski definition) is 5. The maximum absolute atomic E-state index is 12.4. The van der Waals surface area contributed by atoms with Crippen molar-refractivity contribution in [3.63, 3.8) is 0 Å². The predicted molar refractivity (Wildman–Crippen MR) is 143 cm³/mol. The van der Waals surface area contributed by atoms with Crippen molar-refractivity contribution in [3.8, 4) is 17.1 Å². The van der Waals surface area contributed by atoms with E-state index in [1.807, 2.05) is 71.3 Å². The number of nitrogens with zero attached hydrogens (tertiary/aromatic N) is 4. The Morgan fingerprint density at radius 3 is 2.34 bits per heavy atom. The van der Waals surface area contributed by atoms with Gasteiger partial charge >= 0.3 is 0 Å². The number of carbonyl (C=O) groups excluding carboxylic acids is 1. The van der Waals surface area contributed by atoms with Gasteiger partial charge < -0.3 is 0 Å². The van der Waals surface area contributed by atoms with Crippen LogP contribution in [0.25, 0.3) is 17.1 Å². The van der Waals surface area contributed by atoms with Crippen molar-refractivity contribution in [1.29, 1.82) is 0 Å². The Bertz CT molecular complexity index is 1310. The Morgan fingerprint density at radius 1 is 1.00 bits per heavy atom. The van der Waals surface area contributed by atoms with Crippen molar-refractivity contribution in [2.75, 3.05) is 5.75 Å². The molecule has 1 N–H and O–H groups in total. The monoisotopic (exact) mass is 503 g/mol. The fourth-order valence-corrected chi connectivity index (χ4v) is 4.24. The van der Waals surface area contributed by atoms with Gasteiger partial charge in [-0.3, -0.25) is 9.36 Å². The maximum atomic E-state index is 12.4. The van der Waals surface area contributed by atoms with E-state index in [1.165, 1.54) is 17.3 Å². The molecule has 35 heavy (non-hydrogen) atoms. The van der Waals surface area contributed by atoms with Crippen LogP contribution in [-0.2, 0) is 10.2 Å². The minimum Gasteiger partial charge on any atom is -0.272 e. The van der Waals surface area contributed by atoms with Gasteiger partial charge in [-0.25, -0.2) is 5.43 Å². The molecule has 6 nitrogen and oxygen atoms in total. The van der Waals surface area contributed by atoms with E-state index in [2.05, 4.69) is 53.6 Å². The van der Waals surface area contributed by atoms with Crippen LogP contribution in [0.15, 0.2) is 89.1 Å². The largest absolute Gasteiger partial charge is 0.272 e. The number of carbonyl (C=O) groups is 1. The summed E-state index contributed by atoms with van der Waals surface area (Å²) in [5.41, 5.74) is 6.62. The molecule has 4 rings (SSSR count). The van der Waals surface area contributed by atoms with Crippen molar-refractivity contribution in [1.82, 2.24) is 20.2 Å². The number of halogens is 1. The Morgan fingerprint density at radius 2 is 1.69 bits per heavy atom. The first-order valence-corrected chi connectivity index (χ1v) is 12.5. The lowest BCUT2D eigenvalue weighted by Gasteiger charge is -2.18. The standard InChI is InChI=1S/C27H26ClN5OS/c1-27(2,3)21-11-9-19(10-12-21)17-29-30-24(34)18-35-26-32-31-25(20-7-5-4-6-8-20)33(26)23-15-13-22(28)14-16-23/h4-17H,18H2,1-3H3,(H,30,34)/b29-17+. The summed E-state index contributed by atoms with van der Waals surface area (Å²) in [7, 11) is 0. The number of nitrogens with one attached hydrogen (secondary N) is 1. The molecule has 8 heteroatoms. The molecule has 0 saturated heterocycles. The molecule has 4 aromatic rings. The van der Waals surface area contributed by atoms with Gasteiger partial charge in [0.05, 0.1) is 12.0 Å². The molecule has 1 amide bonds. The second kappa shape index (κ2) is 10.9. The Kier molecular flexibility index (Phi) is 7.68. The van der Waals surface area contributed by atoms with E-state index >= 15 is 0 Å². The average Bonchev–Trinajstić information content (AvgIpc) is 3.27. The number of amides is 1. The summed E-state index contributed by atoms with van der Waals surface area (Å²) in [6.07, 6.45) is 1.64. The molecule has 0 fully saturated rings. The number of hydrogen-bond donors (Lipinski definition) is 1. The molecule has 0 radical (unpaired) electrons. The quantitative estimate of drug-likeness (QED) is 0.187. The fourth-order valence-electron chi connectivity index (χ4n) is 3.37. The van der Waals surface area contributed by atoms with Crippen LogP contribution >= 0.6 is 23.4 Å². The normalized spacial score (nSPS) is 11.7. The van der Waals surface area contributed by atoms with Gasteiger partial charge in [-0.15, -0.1) is 10.2 Å². The van der Waals surface area contributed by atoms with Gasteiger partial charge in [0.25, 0.3) is 5.91 Å². The summed E-state index contributed by atoms with van der Waals surface area (Å²) in [5.74, 6) is 0.595. The minimum atomic E-state index is -0.232. The van der Waals surface area contributed by atoms with Gasteiger partial charge in [0.15, 0.2) is 11.0 Å². The third-order valence-corrected chi connectivity index (χ3v) is 6.44. The average molecular weight is 504 g/mol. The number of benzene rings is 3. The molecule has 0 unspecified atom stereocenters. The molecule has 0 bridgehead atoms. The first-order valence-electron chi connectivity index (χ1n) is 11.1. The summed E-state index contributed by atoms with van der Waals surface area (Å²) in [4.78, 5) is 12.4. The summed E-state index contributed by atoms with van der Waals surface area (Å²) in [5, 5.41) is 14.1. The van der Waals surface area contributed by atoms with Crippen LogP contribution in [0.2, 0.25) is 5.02 Å². The van der Waals surface area contributed by atoms with Crippen molar-refractivity contribution < 1.29 is 4.79 Å². The van der Waals surface area contributed by atoms with Crippen LogP contribution in [0.5, 0.6) is 0 Å². The molecule has 0 aliphatic carbocycles. The van der Waals surface area contributed by atoms with Crippen molar-refractivity contribution in [3.05, 3.63) is 95.0 Å². The molecular formula is C27H26ClN5OS. The second-order valence-corrected chi connectivity index (χ2v) is 10.3. The predicted octanol–water partition coefficient (Wildman–Crippen LogP) is 6.13.